The summed E-state index contributed by atoms with van der Waals surface area (Å²) in [5, 5.41) is 0. The van der Waals surface area contributed by atoms with Gasteiger partial charge in [0.15, 0.2) is 0 Å². The number of benzene rings is 2. The highest BCUT2D eigenvalue weighted by atomic mass is 19.4. The van der Waals surface area contributed by atoms with E-state index in [0.717, 1.165) is 49.4 Å². The molecule has 2 aliphatic heterocycles. The molecule has 5 atom stereocenters. The van der Waals surface area contributed by atoms with Gasteiger partial charge in [0, 0.05) is 31.7 Å². The lowest BCUT2D eigenvalue weighted by Crippen LogP contribution is -2.79. The van der Waals surface area contributed by atoms with Crippen LogP contribution < -0.4 is 4.74 Å². The van der Waals surface area contributed by atoms with Crippen molar-refractivity contribution in [3.05, 3.63) is 70.8 Å². The van der Waals surface area contributed by atoms with Gasteiger partial charge in [-0.2, -0.15) is 13.2 Å². The summed E-state index contributed by atoms with van der Waals surface area (Å²) in [5.74, 6) is 1.09. The standard InChI is InChI=1S/C36H41F3N2O4/c1-22(2)20-41(31(43)13-12-24-6-4-8-27(18-24)36(37,38)39)28-14-15-35(45-23(3)42)30-19-26-7-5-9-29-32(26)34(35,33(28)44-29)16-17-40(30)21-25-10-11-25/h4-9,12-13,18,22,25,28,30,33H,10-11,14-17,19-21H2,1-3H3/t28-,30+,33-,34-,35+/m0/s1. The van der Waals surface area contributed by atoms with E-state index in [2.05, 4.69) is 24.8 Å². The first-order valence-corrected chi connectivity index (χ1v) is 16.3. The van der Waals surface area contributed by atoms with Crippen LogP contribution in [0.1, 0.15) is 75.1 Å². The first kappa shape index (κ1) is 30.3. The number of likely N-dealkylation sites (tertiary alicyclic amines) is 1. The average Bonchev–Trinajstić information content (AvgIpc) is 3.73. The van der Waals surface area contributed by atoms with Crippen molar-refractivity contribution >= 4 is 18.0 Å². The molecule has 1 saturated heterocycles. The van der Waals surface area contributed by atoms with Crippen LogP contribution in [0.25, 0.3) is 6.08 Å². The molecule has 1 spiro atoms. The Kier molecular flexibility index (Phi) is 7.34. The third kappa shape index (κ3) is 4.97. The van der Waals surface area contributed by atoms with Gasteiger partial charge in [-0.15, -0.1) is 0 Å². The molecule has 0 N–H and O–H groups in total. The van der Waals surface area contributed by atoms with Crippen LogP contribution in [-0.4, -0.2) is 65.1 Å². The van der Waals surface area contributed by atoms with Crippen LogP contribution in [0.15, 0.2) is 48.5 Å². The van der Waals surface area contributed by atoms with Crippen molar-refractivity contribution in [3.63, 3.8) is 0 Å². The van der Waals surface area contributed by atoms with E-state index < -0.39 is 28.9 Å². The predicted octanol–water partition coefficient (Wildman–Crippen LogP) is 6.41. The molecule has 2 heterocycles. The van der Waals surface area contributed by atoms with E-state index in [9.17, 15) is 22.8 Å². The zero-order valence-corrected chi connectivity index (χ0v) is 26.1. The smallest absolute Gasteiger partial charge is 0.416 e. The van der Waals surface area contributed by atoms with Gasteiger partial charge in [0.25, 0.3) is 0 Å². The van der Waals surface area contributed by atoms with E-state index in [0.29, 0.717) is 30.9 Å². The number of rotatable bonds is 8. The molecule has 2 aromatic rings. The van der Waals surface area contributed by atoms with Crippen LogP contribution in [0.5, 0.6) is 5.75 Å². The fourth-order valence-corrected chi connectivity index (χ4v) is 9.04. The Bertz CT molecular complexity index is 1530. The molecule has 7 rings (SSSR count). The van der Waals surface area contributed by atoms with Crippen LogP contribution in [-0.2, 0) is 32.3 Å². The minimum absolute atomic E-state index is 0.0266. The highest BCUT2D eigenvalue weighted by molar-refractivity contribution is 5.92. The van der Waals surface area contributed by atoms with Gasteiger partial charge < -0.3 is 14.4 Å². The molecular formula is C36H41F3N2O4. The second-order valence-corrected chi connectivity index (χ2v) is 14.1. The van der Waals surface area contributed by atoms with E-state index in [4.69, 9.17) is 9.47 Å². The van der Waals surface area contributed by atoms with Gasteiger partial charge >= 0.3 is 12.1 Å². The number of hydrogen-bond donors (Lipinski definition) is 0. The summed E-state index contributed by atoms with van der Waals surface area (Å²) in [5.41, 5.74) is 0.558. The van der Waals surface area contributed by atoms with Gasteiger partial charge in [0.05, 0.1) is 23.1 Å². The summed E-state index contributed by atoms with van der Waals surface area (Å²) in [7, 11) is 0. The number of ether oxygens (including phenoxy) is 2. The van der Waals surface area contributed by atoms with E-state index >= 15 is 0 Å². The average molecular weight is 623 g/mol. The summed E-state index contributed by atoms with van der Waals surface area (Å²) in [6.07, 6.45) is 3.20. The number of amides is 1. The lowest BCUT2D eigenvalue weighted by atomic mass is 9.48. The van der Waals surface area contributed by atoms with Crippen molar-refractivity contribution in [3.8, 4) is 5.75 Å². The second kappa shape index (κ2) is 10.9. The van der Waals surface area contributed by atoms with Crippen LogP contribution in [0.2, 0.25) is 0 Å². The molecule has 0 radical (unpaired) electrons. The van der Waals surface area contributed by atoms with Gasteiger partial charge in [0.1, 0.15) is 17.5 Å². The molecule has 2 saturated carbocycles. The predicted molar refractivity (Wildman–Crippen MR) is 163 cm³/mol. The van der Waals surface area contributed by atoms with Crippen LogP contribution in [0.3, 0.4) is 0 Å². The summed E-state index contributed by atoms with van der Waals surface area (Å²) < 4.78 is 53.5. The zero-order chi connectivity index (χ0) is 31.7. The number of alkyl halides is 3. The molecule has 240 valence electrons. The molecule has 3 fully saturated rings. The van der Waals surface area contributed by atoms with Crippen molar-refractivity contribution in [1.29, 1.82) is 0 Å². The summed E-state index contributed by atoms with van der Waals surface area (Å²) in [6, 6.07) is 10.9. The van der Waals surface area contributed by atoms with Crippen molar-refractivity contribution in [1.82, 2.24) is 9.80 Å². The number of carbonyl (C=O) groups is 2. The van der Waals surface area contributed by atoms with Crippen molar-refractivity contribution in [2.75, 3.05) is 19.6 Å². The normalized spacial score (nSPS) is 30.2. The first-order chi connectivity index (χ1) is 21.4. The Hall–Kier alpha value is -3.33. The zero-order valence-electron chi connectivity index (χ0n) is 26.1. The summed E-state index contributed by atoms with van der Waals surface area (Å²) >= 11 is 0. The Morgan fingerprint density at radius 1 is 1.13 bits per heavy atom. The van der Waals surface area contributed by atoms with Crippen molar-refractivity contribution in [2.24, 2.45) is 11.8 Å². The fourth-order valence-electron chi connectivity index (χ4n) is 9.04. The number of carbonyl (C=O) groups excluding carboxylic acids is 2. The maximum absolute atomic E-state index is 14.0. The van der Waals surface area contributed by atoms with Gasteiger partial charge in [-0.05, 0) is 92.3 Å². The maximum atomic E-state index is 14.0. The Balaban J connectivity index is 1.28. The van der Waals surface area contributed by atoms with Gasteiger partial charge in [-0.25, -0.2) is 0 Å². The second-order valence-electron chi connectivity index (χ2n) is 14.1. The Morgan fingerprint density at radius 3 is 2.62 bits per heavy atom. The summed E-state index contributed by atoms with van der Waals surface area (Å²) in [4.78, 5) is 31.4. The molecule has 0 aromatic heterocycles. The first-order valence-electron chi connectivity index (χ1n) is 16.3. The lowest BCUT2D eigenvalue weighted by molar-refractivity contribution is -0.224. The third-order valence-electron chi connectivity index (χ3n) is 10.8. The highest BCUT2D eigenvalue weighted by Crippen LogP contribution is 2.66. The molecule has 2 bridgehead atoms. The van der Waals surface area contributed by atoms with E-state index in [1.165, 1.54) is 43.5 Å². The molecule has 45 heavy (non-hydrogen) atoms. The molecule has 6 nitrogen and oxygen atoms in total. The Morgan fingerprint density at radius 2 is 1.91 bits per heavy atom. The molecule has 5 aliphatic rings. The molecule has 9 heteroatoms. The fraction of sp³-hybridized carbons (Fsp3) is 0.556. The highest BCUT2D eigenvalue weighted by Gasteiger charge is 2.75. The summed E-state index contributed by atoms with van der Waals surface area (Å²) in [6.45, 7) is 7.95. The van der Waals surface area contributed by atoms with Gasteiger partial charge in [0.2, 0.25) is 5.91 Å². The number of hydrogen-bond acceptors (Lipinski definition) is 5. The molecule has 3 aliphatic carbocycles. The quantitative estimate of drug-likeness (QED) is 0.252. The SMILES string of the molecule is CC(=O)O[C@@]12CC[C@H](N(CC(C)C)C(=O)C=Cc3cccc(C(F)(F)F)c3)[C@@H]3Oc4cccc5c4[C@@]31CCN(CC1CC1)[C@@H]2C5. The van der Waals surface area contributed by atoms with Crippen molar-refractivity contribution in [2.45, 2.75) is 94.7 Å². The minimum atomic E-state index is -4.47. The Labute approximate surface area is 262 Å². The number of piperidine rings is 1. The van der Waals surface area contributed by atoms with Gasteiger partial charge in [-0.1, -0.05) is 38.1 Å². The van der Waals surface area contributed by atoms with Crippen molar-refractivity contribution < 1.29 is 32.2 Å². The van der Waals surface area contributed by atoms with Crippen LogP contribution >= 0.6 is 0 Å². The van der Waals surface area contributed by atoms with E-state index in [1.54, 1.807) is 6.07 Å². The lowest BCUT2D eigenvalue weighted by Gasteiger charge is -2.65. The number of esters is 1. The number of nitrogens with zero attached hydrogens (tertiary/aromatic N) is 2. The molecule has 2 aromatic carbocycles. The van der Waals surface area contributed by atoms with Gasteiger partial charge in [-0.3, -0.25) is 14.5 Å². The molecule has 1 amide bonds. The molecule has 0 unspecified atom stereocenters. The van der Waals surface area contributed by atoms with Crippen LogP contribution in [0.4, 0.5) is 13.2 Å². The third-order valence-corrected chi connectivity index (χ3v) is 10.8. The van der Waals surface area contributed by atoms with E-state index in [1.807, 2.05) is 17.0 Å². The van der Waals surface area contributed by atoms with Crippen LogP contribution in [0, 0.1) is 11.8 Å². The maximum Gasteiger partial charge on any atom is 0.416 e. The monoisotopic (exact) mass is 622 g/mol. The largest absolute Gasteiger partial charge is 0.487 e. The minimum Gasteiger partial charge on any atom is -0.487 e. The topological polar surface area (TPSA) is 59.1 Å². The van der Waals surface area contributed by atoms with E-state index in [-0.39, 0.29) is 29.9 Å². The number of halogens is 3. The molecular weight excluding hydrogens is 581 g/mol.